The van der Waals surface area contributed by atoms with Crippen LogP contribution in [0.5, 0.6) is 0 Å². The predicted molar refractivity (Wildman–Crippen MR) is 160 cm³/mol. The number of nitrogens with zero attached hydrogens (tertiary/aromatic N) is 1. The van der Waals surface area contributed by atoms with Crippen LogP contribution >= 0.6 is 0 Å². The van der Waals surface area contributed by atoms with Crippen LogP contribution in [0.25, 0.3) is 0 Å². The Morgan fingerprint density at radius 3 is 2.20 bits per heavy atom. The second-order valence-electron chi connectivity index (χ2n) is 10.4. The van der Waals surface area contributed by atoms with E-state index in [1.807, 2.05) is 0 Å². The normalized spacial score (nSPS) is 15.8. The van der Waals surface area contributed by atoms with Crippen LogP contribution < -0.4 is 26.6 Å². The lowest BCUT2D eigenvalue weighted by molar-refractivity contribution is -0.139. The third kappa shape index (κ3) is 14.6. The van der Waals surface area contributed by atoms with E-state index in [-0.39, 0.29) is 49.4 Å². The Labute approximate surface area is 264 Å². The lowest BCUT2D eigenvalue weighted by Crippen LogP contribution is -2.52. The molecule has 246 valence electrons. The Kier molecular flexibility index (Phi) is 14.5. The van der Waals surface area contributed by atoms with Crippen LogP contribution in [-0.2, 0) is 49.5 Å². The Balaban J connectivity index is 1.72. The highest BCUT2D eigenvalue weighted by atomic mass is 16.5. The van der Waals surface area contributed by atoms with E-state index in [4.69, 9.17) is 2.74 Å². The first-order chi connectivity index (χ1) is 22.2. The average Bonchev–Trinajstić information content (AvgIpc) is 3.27. The van der Waals surface area contributed by atoms with Crippen LogP contribution in [-0.4, -0.2) is 97.5 Å². The fourth-order valence-corrected chi connectivity index (χ4v) is 4.24. The molecule has 0 aromatic heterocycles. The number of ketones is 1. The molecule has 15 heteroatoms. The van der Waals surface area contributed by atoms with Crippen molar-refractivity contribution in [2.75, 3.05) is 39.5 Å². The molecule has 7 amide bonds. The van der Waals surface area contributed by atoms with Crippen molar-refractivity contribution >= 4 is 47.1 Å². The van der Waals surface area contributed by atoms with Gasteiger partial charge in [-0.05, 0) is 25.3 Å². The second kappa shape index (κ2) is 19.6. The summed E-state index contributed by atoms with van der Waals surface area (Å²) < 4.78 is 19.4. The molecule has 0 aliphatic carbocycles. The summed E-state index contributed by atoms with van der Waals surface area (Å²) in [4.78, 5) is 97.9. The van der Waals surface area contributed by atoms with E-state index in [1.165, 1.54) is 4.90 Å². The summed E-state index contributed by atoms with van der Waals surface area (Å²) in [6.45, 7) is -1.56. The number of likely N-dealkylation sites (tertiary alicyclic amines) is 1. The van der Waals surface area contributed by atoms with E-state index in [1.54, 1.807) is 37.3 Å². The van der Waals surface area contributed by atoms with Crippen molar-refractivity contribution in [2.24, 2.45) is 5.92 Å². The van der Waals surface area contributed by atoms with Gasteiger partial charge in [-0.1, -0.05) is 43.7 Å². The molecule has 5 N–H and O–H groups in total. The van der Waals surface area contributed by atoms with Gasteiger partial charge < -0.3 is 31.3 Å². The maximum absolute atomic E-state index is 12.9. The zero-order chi connectivity index (χ0) is 35.0. The van der Waals surface area contributed by atoms with Gasteiger partial charge in [-0.25, -0.2) is 0 Å². The number of rotatable bonds is 20. The number of hydrogen-bond donors (Lipinski definition) is 5. The molecule has 1 unspecified atom stereocenters. The molecule has 0 spiro atoms. The Morgan fingerprint density at radius 2 is 1.53 bits per heavy atom. The van der Waals surface area contributed by atoms with Gasteiger partial charge in [0.25, 0.3) is 0 Å². The Bertz CT molecular complexity index is 1310. The maximum Gasteiger partial charge on any atom is 0.243 e. The van der Waals surface area contributed by atoms with Crippen LogP contribution in [0.1, 0.15) is 54.3 Å². The summed E-state index contributed by atoms with van der Waals surface area (Å²) in [6.07, 6.45) is 2.11. The number of hydrogen-bond acceptors (Lipinski definition) is 9. The zero-order valence-corrected chi connectivity index (χ0v) is 25.4. The monoisotopic (exact) mass is 632 g/mol. The van der Waals surface area contributed by atoms with Gasteiger partial charge in [0.2, 0.25) is 41.4 Å². The first-order valence-corrected chi connectivity index (χ1v) is 14.6. The van der Waals surface area contributed by atoms with E-state index >= 15 is 0 Å². The zero-order valence-electron chi connectivity index (χ0n) is 27.4. The smallest absolute Gasteiger partial charge is 0.243 e. The minimum absolute atomic E-state index is 0.0652. The topological polar surface area (TPSA) is 209 Å². The first-order valence-electron chi connectivity index (χ1n) is 15.6. The molecule has 1 aliphatic rings. The number of carbonyl (C=O) groups is 8. The number of imide groups is 1. The van der Waals surface area contributed by atoms with Gasteiger partial charge in [0.1, 0.15) is 19.3 Å². The molecule has 2 rings (SSSR count). The van der Waals surface area contributed by atoms with Gasteiger partial charge >= 0.3 is 0 Å². The van der Waals surface area contributed by atoms with E-state index in [9.17, 15) is 38.4 Å². The highest BCUT2D eigenvalue weighted by Crippen LogP contribution is 2.19. The third-order valence-corrected chi connectivity index (χ3v) is 6.56. The third-order valence-electron chi connectivity index (χ3n) is 6.56. The van der Waals surface area contributed by atoms with Crippen LogP contribution in [0, 0.1) is 5.92 Å². The van der Waals surface area contributed by atoms with Crippen molar-refractivity contribution in [2.45, 2.75) is 58.4 Å². The van der Waals surface area contributed by atoms with E-state index in [0.717, 1.165) is 6.92 Å². The van der Waals surface area contributed by atoms with Crippen molar-refractivity contribution in [3.8, 4) is 0 Å². The maximum atomic E-state index is 12.9. The molecule has 0 saturated carbocycles. The molecule has 1 fully saturated rings. The number of benzene rings is 1. The Morgan fingerprint density at radius 1 is 0.889 bits per heavy atom. The first kappa shape index (κ1) is 33.2. The van der Waals surface area contributed by atoms with Crippen LogP contribution in [0.3, 0.4) is 0 Å². The van der Waals surface area contributed by atoms with Crippen LogP contribution in [0.2, 0.25) is 0 Å². The molecule has 0 radical (unpaired) electrons. The standard InChI is InChI=1S/C30H42N6O9/c1-20-13-28(42)36(30(20)44)12-8-4-7-11-24(38)31-15-25(39)32-17-27(41)35-23(14-22-9-5-3-6-10-22)29(43)33-16-26(40)34-19-45-18-21(2)37/h3,5-6,9-10,20,23H,4,7-8,11-19H2,1-2H3,(H,31,38)(H,32,39)(H,33,43)(H,34,40)(H,35,41)/t20?,23-/m0/s1/i18D2. The summed E-state index contributed by atoms with van der Waals surface area (Å²) in [5.41, 5.74) is 0.705. The summed E-state index contributed by atoms with van der Waals surface area (Å²) >= 11 is 0. The molecule has 1 aromatic carbocycles. The Hall–Kier alpha value is -4.66. The van der Waals surface area contributed by atoms with Crippen molar-refractivity contribution in [1.82, 2.24) is 31.5 Å². The summed E-state index contributed by atoms with van der Waals surface area (Å²) in [5.74, 6) is -4.68. The van der Waals surface area contributed by atoms with E-state index in [0.29, 0.717) is 31.4 Å². The minimum atomic E-state index is -2.58. The van der Waals surface area contributed by atoms with Gasteiger partial charge in [0, 0.05) is 31.7 Å². The van der Waals surface area contributed by atoms with Crippen LogP contribution in [0.15, 0.2) is 30.3 Å². The number of Topliss-reactive ketones (excluding diaryl/α,β-unsaturated/α-hetero) is 1. The summed E-state index contributed by atoms with van der Waals surface area (Å²) in [6, 6.07) is 7.61. The highest BCUT2D eigenvalue weighted by Gasteiger charge is 2.34. The van der Waals surface area contributed by atoms with Crippen molar-refractivity contribution in [1.29, 1.82) is 0 Å². The summed E-state index contributed by atoms with van der Waals surface area (Å²) in [5, 5.41) is 11.9. The minimum Gasteiger partial charge on any atom is -0.354 e. The average molecular weight is 633 g/mol. The van der Waals surface area contributed by atoms with Gasteiger partial charge in [0.15, 0.2) is 5.78 Å². The fraction of sp³-hybridized carbons (Fsp3) is 0.533. The lowest BCUT2D eigenvalue weighted by Gasteiger charge is -2.19. The number of unbranched alkanes of at least 4 members (excludes halogenated alkanes) is 2. The molecular weight excluding hydrogens is 588 g/mol. The largest absolute Gasteiger partial charge is 0.354 e. The highest BCUT2D eigenvalue weighted by molar-refractivity contribution is 6.03. The molecule has 1 heterocycles. The van der Waals surface area contributed by atoms with Gasteiger partial charge in [-0.3, -0.25) is 43.3 Å². The van der Waals surface area contributed by atoms with Gasteiger partial charge in [-0.2, -0.15) is 0 Å². The van der Waals surface area contributed by atoms with Gasteiger partial charge in [0.05, 0.1) is 22.4 Å². The predicted octanol–water partition coefficient (Wildman–Crippen LogP) is -1.30. The molecule has 1 saturated heterocycles. The molecule has 1 aliphatic heterocycles. The van der Waals surface area contributed by atoms with E-state index < -0.39 is 61.8 Å². The molecule has 15 nitrogen and oxygen atoms in total. The molecule has 45 heavy (non-hydrogen) atoms. The molecular formula is C30H42N6O9. The van der Waals surface area contributed by atoms with Crippen LogP contribution in [0.4, 0.5) is 0 Å². The van der Waals surface area contributed by atoms with Gasteiger partial charge in [-0.15, -0.1) is 0 Å². The quantitative estimate of drug-likeness (QED) is 0.0656. The molecule has 1 aromatic rings. The number of amides is 7. The summed E-state index contributed by atoms with van der Waals surface area (Å²) in [7, 11) is 0. The van der Waals surface area contributed by atoms with Crippen molar-refractivity contribution < 1.29 is 45.8 Å². The SMILES string of the molecule is [2H]C([2H])(OCNC(=O)CNC(=O)[C@H](Cc1ccccc1)NC(=O)CNC(=O)CNC(=O)CCCCCN1C(=O)CC(C)C1=O)C(C)=O. The molecule has 2 atom stereocenters. The second-order valence-corrected chi connectivity index (χ2v) is 10.4. The fourth-order valence-electron chi connectivity index (χ4n) is 4.24. The number of nitrogens with one attached hydrogen (secondary N) is 5. The number of carbonyl (C=O) groups excluding carboxylic acids is 8. The van der Waals surface area contributed by atoms with Crippen molar-refractivity contribution in [3.63, 3.8) is 0 Å². The lowest BCUT2D eigenvalue weighted by atomic mass is 10.1. The number of ether oxygens (including phenoxy) is 1. The van der Waals surface area contributed by atoms with Crippen molar-refractivity contribution in [3.05, 3.63) is 35.9 Å². The molecule has 0 bridgehead atoms. The van der Waals surface area contributed by atoms with E-state index in [2.05, 4.69) is 31.3 Å².